The molecule has 9 nitrogen and oxygen atoms in total. The van der Waals surface area contributed by atoms with Crippen LogP contribution in [-0.2, 0) is 9.53 Å². The van der Waals surface area contributed by atoms with E-state index in [-0.39, 0.29) is 5.76 Å². The average molecular weight is 242 g/mol. The molecule has 0 fully saturated rings. The highest BCUT2D eigenvalue weighted by Crippen LogP contribution is 2.18. The van der Waals surface area contributed by atoms with Crippen molar-refractivity contribution in [3.63, 3.8) is 0 Å². The molecule has 0 saturated carbocycles. The molecule has 0 aromatic carbocycles. The molecule has 0 aliphatic rings. The lowest BCUT2D eigenvalue weighted by atomic mass is 10.3. The Morgan fingerprint density at radius 3 is 2.47 bits per heavy atom. The third-order valence-electron chi connectivity index (χ3n) is 1.66. The SMILES string of the molecule is COC(=O)/C(=C\c1ccc([N+](=O)[O-])o1)[N+](=O)[O-]. The van der Waals surface area contributed by atoms with Crippen LogP contribution in [0.1, 0.15) is 5.76 Å². The van der Waals surface area contributed by atoms with E-state index in [1.807, 2.05) is 0 Å². The largest absolute Gasteiger partial charge is 0.461 e. The minimum absolute atomic E-state index is 0.186. The van der Waals surface area contributed by atoms with E-state index in [2.05, 4.69) is 9.15 Å². The Hall–Kier alpha value is -2.71. The first-order valence-corrected chi connectivity index (χ1v) is 4.14. The second kappa shape index (κ2) is 4.88. The van der Waals surface area contributed by atoms with Crippen molar-refractivity contribution in [3.05, 3.63) is 43.8 Å². The van der Waals surface area contributed by atoms with Gasteiger partial charge in [0.05, 0.1) is 24.2 Å². The lowest BCUT2D eigenvalue weighted by Gasteiger charge is -1.94. The van der Waals surface area contributed by atoms with Gasteiger partial charge < -0.3 is 9.15 Å². The van der Waals surface area contributed by atoms with Crippen LogP contribution in [0.4, 0.5) is 5.88 Å². The number of nitrogens with zero attached hydrogens (tertiary/aromatic N) is 2. The molecule has 0 N–H and O–H groups in total. The van der Waals surface area contributed by atoms with Crippen molar-refractivity contribution in [2.75, 3.05) is 7.11 Å². The molecule has 0 atom stereocenters. The number of hydrogen-bond acceptors (Lipinski definition) is 7. The van der Waals surface area contributed by atoms with E-state index in [0.29, 0.717) is 0 Å². The van der Waals surface area contributed by atoms with E-state index in [1.54, 1.807) is 0 Å². The molecule has 1 aromatic rings. The fourth-order valence-electron chi connectivity index (χ4n) is 0.943. The van der Waals surface area contributed by atoms with Gasteiger partial charge in [0.1, 0.15) is 10.7 Å². The predicted octanol–water partition coefficient (Wildman–Crippen LogP) is 0.978. The Balaban J connectivity index is 3.09. The highest BCUT2D eigenvalue weighted by Gasteiger charge is 2.24. The Labute approximate surface area is 93.6 Å². The van der Waals surface area contributed by atoms with Crippen molar-refractivity contribution in [2.24, 2.45) is 0 Å². The third kappa shape index (κ3) is 2.87. The topological polar surface area (TPSA) is 126 Å². The molecule has 0 aliphatic carbocycles. The van der Waals surface area contributed by atoms with Crippen molar-refractivity contribution < 1.29 is 23.8 Å². The summed E-state index contributed by atoms with van der Waals surface area (Å²) in [5.41, 5.74) is -0.878. The van der Waals surface area contributed by atoms with E-state index in [1.165, 1.54) is 0 Å². The van der Waals surface area contributed by atoms with E-state index < -0.39 is 27.4 Å². The van der Waals surface area contributed by atoms with Gasteiger partial charge in [-0.05, 0) is 6.07 Å². The maximum Gasteiger partial charge on any atom is 0.433 e. The highest BCUT2D eigenvalue weighted by molar-refractivity contribution is 5.90. The van der Waals surface area contributed by atoms with E-state index >= 15 is 0 Å². The predicted molar refractivity (Wildman–Crippen MR) is 52.3 cm³/mol. The number of nitro groups is 2. The summed E-state index contributed by atoms with van der Waals surface area (Å²) < 4.78 is 8.81. The van der Waals surface area contributed by atoms with Gasteiger partial charge in [0, 0.05) is 0 Å². The number of ether oxygens (including phenoxy) is 1. The van der Waals surface area contributed by atoms with Crippen LogP contribution in [0.2, 0.25) is 0 Å². The van der Waals surface area contributed by atoms with E-state index in [4.69, 9.17) is 0 Å². The summed E-state index contributed by atoms with van der Waals surface area (Å²) in [6, 6.07) is 2.14. The fraction of sp³-hybridized carbons (Fsp3) is 0.125. The van der Waals surface area contributed by atoms with Gasteiger partial charge in [0.25, 0.3) is 0 Å². The lowest BCUT2D eigenvalue weighted by molar-refractivity contribution is -0.419. The van der Waals surface area contributed by atoms with Crippen LogP contribution in [0.25, 0.3) is 6.08 Å². The van der Waals surface area contributed by atoms with Crippen molar-refractivity contribution in [1.82, 2.24) is 0 Å². The summed E-state index contributed by atoms with van der Waals surface area (Å²) in [4.78, 5) is 30.0. The van der Waals surface area contributed by atoms with E-state index in [9.17, 15) is 25.0 Å². The number of rotatable bonds is 4. The maximum absolute atomic E-state index is 11.0. The molecule has 90 valence electrons. The van der Waals surface area contributed by atoms with Gasteiger partial charge in [0.15, 0.2) is 0 Å². The molecule has 1 aromatic heterocycles. The number of esters is 1. The molecular formula is C8H6N2O7. The van der Waals surface area contributed by atoms with Gasteiger partial charge in [-0.2, -0.15) is 0 Å². The summed E-state index contributed by atoms with van der Waals surface area (Å²) in [6.45, 7) is 0. The average Bonchev–Trinajstić information content (AvgIpc) is 2.73. The minimum atomic E-state index is -1.17. The molecule has 0 aliphatic heterocycles. The summed E-state index contributed by atoms with van der Waals surface area (Å²) in [5, 5.41) is 20.8. The zero-order valence-electron chi connectivity index (χ0n) is 8.48. The Kier molecular flexibility index (Phi) is 3.55. The van der Waals surface area contributed by atoms with Gasteiger partial charge >= 0.3 is 17.6 Å². The van der Waals surface area contributed by atoms with Crippen molar-refractivity contribution in [3.8, 4) is 0 Å². The number of carbonyl (C=O) groups is 1. The zero-order valence-corrected chi connectivity index (χ0v) is 8.48. The van der Waals surface area contributed by atoms with Gasteiger partial charge in [0.2, 0.25) is 0 Å². The zero-order chi connectivity index (χ0) is 13.0. The second-order valence-electron chi connectivity index (χ2n) is 2.71. The molecule has 0 bridgehead atoms. The Bertz CT molecular complexity index is 502. The molecule has 1 rings (SSSR count). The molecule has 0 unspecified atom stereocenters. The van der Waals surface area contributed by atoms with E-state index in [0.717, 1.165) is 25.3 Å². The van der Waals surface area contributed by atoms with Gasteiger partial charge in [-0.25, -0.2) is 4.79 Å². The number of hydrogen-bond donors (Lipinski definition) is 0. The van der Waals surface area contributed by atoms with Gasteiger partial charge in [-0.3, -0.25) is 20.2 Å². The summed E-state index contributed by atoms with van der Waals surface area (Å²) >= 11 is 0. The summed E-state index contributed by atoms with van der Waals surface area (Å²) in [5.74, 6) is -1.94. The van der Waals surface area contributed by atoms with Crippen molar-refractivity contribution >= 4 is 17.9 Å². The first-order chi connectivity index (χ1) is 7.95. The fourth-order valence-corrected chi connectivity index (χ4v) is 0.943. The summed E-state index contributed by atoms with van der Waals surface area (Å²) in [6.07, 6.45) is 0.749. The number of furan rings is 1. The third-order valence-corrected chi connectivity index (χ3v) is 1.66. The van der Waals surface area contributed by atoms with Crippen LogP contribution in [0.5, 0.6) is 0 Å². The maximum atomic E-state index is 11.0. The van der Waals surface area contributed by atoms with Crippen LogP contribution in [-0.4, -0.2) is 22.9 Å². The number of methoxy groups -OCH3 is 1. The van der Waals surface area contributed by atoms with Crippen LogP contribution >= 0.6 is 0 Å². The van der Waals surface area contributed by atoms with Crippen molar-refractivity contribution in [1.29, 1.82) is 0 Å². The van der Waals surface area contributed by atoms with Crippen LogP contribution in [0, 0.1) is 20.2 Å². The molecule has 0 spiro atoms. The molecular weight excluding hydrogens is 236 g/mol. The monoisotopic (exact) mass is 242 g/mol. The standard InChI is InChI=1S/C8H6N2O7/c1-16-8(11)6(9(12)13)4-5-2-3-7(17-5)10(14)15/h2-4H,1H3/b6-4+. The molecule has 0 saturated heterocycles. The first kappa shape index (κ1) is 12.4. The van der Waals surface area contributed by atoms with Gasteiger partial charge in [-0.1, -0.05) is 0 Å². The molecule has 17 heavy (non-hydrogen) atoms. The van der Waals surface area contributed by atoms with Crippen LogP contribution < -0.4 is 0 Å². The summed E-state index contributed by atoms with van der Waals surface area (Å²) in [7, 11) is 0.976. The molecule has 0 amide bonds. The van der Waals surface area contributed by atoms with Crippen molar-refractivity contribution in [2.45, 2.75) is 0 Å². The lowest BCUT2D eigenvalue weighted by Crippen LogP contribution is -2.12. The molecule has 9 heteroatoms. The normalized spacial score (nSPS) is 11.0. The van der Waals surface area contributed by atoms with Crippen LogP contribution in [0.15, 0.2) is 22.2 Å². The highest BCUT2D eigenvalue weighted by atomic mass is 16.7. The molecule has 0 radical (unpaired) electrons. The van der Waals surface area contributed by atoms with Crippen LogP contribution in [0.3, 0.4) is 0 Å². The first-order valence-electron chi connectivity index (χ1n) is 4.14. The Morgan fingerprint density at radius 1 is 1.41 bits per heavy atom. The molecule has 1 heterocycles. The van der Waals surface area contributed by atoms with Gasteiger partial charge in [-0.15, -0.1) is 0 Å². The smallest absolute Gasteiger partial charge is 0.433 e. The minimum Gasteiger partial charge on any atom is -0.461 e. The Morgan fingerprint density at radius 2 is 2.06 bits per heavy atom. The second-order valence-corrected chi connectivity index (χ2v) is 2.71. The number of carbonyl (C=O) groups excluding carboxylic acids is 1. The quantitative estimate of drug-likeness (QED) is 0.333.